The van der Waals surface area contributed by atoms with Crippen LogP contribution in [0.25, 0.3) is 0 Å². The average Bonchev–Trinajstić information content (AvgIpc) is 2.79. The Kier molecular flexibility index (Phi) is 3.30. The number of hydrogen-bond acceptors (Lipinski definition) is 2. The number of benzene rings is 1. The van der Waals surface area contributed by atoms with Crippen molar-refractivity contribution in [3.05, 3.63) is 53.1 Å². The summed E-state index contributed by atoms with van der Waals surface area (Å²) in [5, 5.41) is 9.10. The van der Waals surface area contributed by atoms with Crippen molar-refractivity contribution in [2.45, 2.75) is 32.7 Å². The molecule has 1 aromatic carbocycles. The number of rotatable bonds is 3. The molecule has 0 aliphatic carbocycles. The van der Waals surface area contributed by atoms with Crippen LogP contribution in [0.4, 0.5) is 0 Å². The molecule has 3 rings (SSSR count). The van der Waals surface area contributed by atoms with E-state index in [4.69, 9.17) is 5.11 Å². The van der Waals surface area contributed by atoms with Crippen molar-refractivity contribution in [2.24, 2.45) is 5.92 Å². The summed E-state index contributed by atoms with van der Waals surface area (Å²) in [7, 11) is 0. The Morgan fingerprint density at radius 2 is 2.35 bits per heavy atom. The molecule has 0 spiro atoms. The lowest BCUT2D eigenvalue weighted by Gasteiger charge is -2.19. The van der Waals surface area contributed by atoms with Crippen LogP contribution in [0.5, 0.6) is 0 Å². The van der Waals surface area contributed by atoms with Crippen LogP contribution < -0.4 is 0 Å². The second-order valence-electron chi connectivity index (χ2n) is 5.54. The van der Waals surface area contributed by atoms with Gasteiger partial charge in [0.15, 0.2) is 0 Å². The maximum absolute atomic E-state index is 11.1. The highest BCUT2D eigenvalue weighted by Crippen LogP contribution is 2.21. The van der Waals surface area contributed by atoms with E-state index < -0.39 is 5.97 Å². The predicted octanol–water partition coefficient (Wildman–Crippen LogP) is 2.43. The standard InChI is InChI=1S/C16H18N2O2/c1-11-3-2-4-12(7-11)8-14-10-18-6-5-13(16(19)20)9-15(18)17-14/h2-4,7,10,13H,5-6,8-9H2,1H3,(H,19,20). The van der Waals surface area contributed by atoms with Gasteiger partial charge in [0.25, 0.3) is 0 Å². The first-order valence-electron chi connectivity index (χ1n) is 6.95. The van der Waals surface area contributed by atoms with Crippen LogP contribution in [0, 0.1) is 12.8 Å². The molecule has 0 fully saturated rings. The fourth-order valence-corrected chi connectivity index (χ4v) is 2.81. The zero-order valence-corrected chi connectivity index (χ0v) is 11.5. The Hall–Kier alpha value is -2.10. The van der Waals surface area contributed by atoms with Crippen molar-refractivity contribution >= 4 is 5.97 Å². The van der Waals surface area contributed by atoms with E-state index >= 15 is 0 Å². The van der Waals surface area contributed by atoms with Crippen molar-refractivity contribution in [3.8, 4) is 0 Å². The number of carboxylic acids is 1. The minimum atomic E-state index is -0.709. The Morgan fingerprint density at radius 3 is 3.10 bits per heavy atom. The number of aryl methyl sites for hydroxylation is 2. The van der Waals surface area contributed by atoms with Gasteiger partial charge in [0.1, 0.15) is 5.82 Å². The van der Waals surface area contributed by atoms with Crippen molar-refractivity contribution < 1.29 is 9.90 Å². The lowest BCUT2D eigenvalue weighted by molar-refractivity contribution is -0.142. The molecule has 0 amide bonds. The Bertz CT molecular complexity index is 646. The quantitative estimate of drug-likeness (QED) is 0.932. The third-order valence-electron chi connectivity index (χ3n) is 3.87. The first-order valence-corrected chi connectivity index (χ1v) is 6.95. The van der Waals surface area contributed by atoms with Gasteiger partial charge in [-0.15, -0.1) is 0 Å². The molecule has 1 unspecified atom stereocenters. The van der Waals surface area contributed by atoms with E-state index in [1.807, 2.05) is 0 Å². The van der Waals surface area contributed by atoms with Crippen molar-refractivity contribution in [2.75, 3.05) is 0 Å². The summed E-state index contributed by atoms with van der Waals surface area (Å²) >= 11 is 0. The van der Waals surface area contributed by atoms with Gasteiger partial charge in [-0.25, -0.2) is 4.98 Å². The zero-order chi connectivity index (χ0) is 14.1. The molecule has 1 aliphatic rings. The molecule has 2 aromatic rings. The molecule has 0 saturated carbocycles. The van der Waals surface area contributed by atoms with Gasteiger partial charge in [0, 0.05) is 25.6 Å². The summed E-state index contributed by atoms with van der Waals surface area (Å²) < 4.78 is 2.10. The SMILES string of the molecule is Cc1cccc(Cc2cn3c(n2)CC(C(=O)O)CC3)c1. The molecule has 0 radical (unpaired) electrons. The summed E-state index contributed by atoms with van der Waals surface area (Å²) in [6.07, 6.45) is 4.11. The van der Waals surface area contributed by atoms with E-state index in [2.05, 4.69) is 46.9 Å². The van der Waals surface area contributed by atoms with Crippen molar-refractivity contribution in [1.29, 1.82) is 0 Å². The molecule has 104 valence electrons. The number of carboxylic acid groups (broad SMARTS) is 1. The van der Waals surface area contributed by atoms with E-state index in [9.17, 15) is 4.79 Å². The van der Waals surface area contributed by atoms with Gasteiger partial charge < -0.3 is 9.67 Å². The minimum absolute atomic E-state index is 0.281. The van der Waals surface area contributed by atoms with Gasteiger partial charge in [-0.1, -0.05) is 29.8 Å². The van der Waals surface area contributed by atoms with E-state index in [1.54, 1.807) is 0 Å². The fourth-order valence-electron chi connectivity index (χ4n) is 2.81. The number of hydrogen-bond donors (Lipinski definition) is 1. The predicted molar refractivity (Wildman–Crippen MR) is 75.7 cm³/mol. The fraction of sp³-hybridized carbons (Fsp3) is 0.375. The first-order chi connectivity index (χ1) is 9.61. The second-order valence-corrected chi connectivity index (χ2v) is 5.54. The molecule has 4 nitrogen and oxygen atoms in total. The summed E-state index contributed by atoms with van der Waals surface area (Å²) in [6.45, 7) is 2.84. The third kappa shape index (κ3) is 2.59. The van der Waals surface area contributed by atoms with Crippen LogP contribution in [0.2, 0.25) is 0 Å². The first kappa shape index (κ1) is 12.9. The maximum Gasteiger partial charge on any atom is 0.307 e. The molecular formula is C16H18N2O2. The molecule has 1 atom stereocenters. The normalized spacial score (nSPS) is 17.8. The highest BCUT2D eigenvalue weighted by Gasteiger charge is 2.25. The zero-order valence-electron chi connectivity index (χ0n) is 11.5. The van der Waals surface area contributed by atoms with Crippen LogP contribution in [0.1, 0.15) is 29.1 Å². The molecule has 1 aromatic heterocycles. The lowest BCUT2D eigenvalue weighted by atomic mass is 9.98. The minimum Gasteiger partial charge on any atom is -0.481 e. The molecule has 1 N–H and O–H groups in total. The maximum atomic E-state index is 11.1. The molecular weight excluding hydrogens is 252 g/mol. The summed E-state index contributed by atoms with van der Waals surface area (Å²) in [5.41, 5.74) is 3.52. The largest absolute Gasteiger partial charge is 0.481 e. The van der Waals surface area contributed by atoms with E-state index in [-0.39, 0.29) is 5.92 Å². The van der Waals surface area contributed by atoms with Gasteiger partial charge in [0.05, 0.1) is 11.6 Å². The number of nitrogens with zero attached hydrogens (tertiary/aromatic N) is 2. The highest BCUT2D eigenvalue weighted by atomic mass is 16.4. The second kappa shape index (κ2) is 5.12. The van der Waals surface area contributed by atoms with E-state index in [1.165, 1.54) is 11.1 Å². The van der Waals surface area contributed by atoms with Gasteiger partial charge >= 0.3 is 5.97 Å². The molecule has 0 bridgehead atoms. The van der Waals surface area contributed by atoms with Gasteiger partial charge in [-0.3, -0.25) is 4.79 Å². The Balaban J connectivity index is 1.79. The third-order valence-corrected chi connectivity index (χ3v) is 3.87. The number of aromatic nitrogens is 2. The van der Waals surface area contributed by atoms with Gasteiger partial charge in [0.2, 0.25) is 0 Å². The summed E-state index contributed by atoms with van der Waals surface area (Å²) in [4.78, 5) is 15.7. The summed E-state index contributed by atoms with van der Waals surface area (Å²) in [6, 6.07) is 8.41. The van der Waals surface area contributed by atoms with Crippen LogP contribution in [0.15, 0.2) is 30.5 Å². The molecule has 4 heteroatoms. The number of imidazole rings is 1. The summed E-state index contributed by atoms with van der Waals surface area (Å²) in [5.74, 6) is -0.0810. The van der Waals surface area contributed by atoms with Gasteiger partial charge in [-0.2, -0.15) is 0 Å². The Morgan fingerprint density at radius 1 is 1.50 bits per heavy atom. The van der Waals surface area contributed by atoms with Crippen LogP contribution in [0.3, 0.4) is 0 Å². The van der Waals surface area contributed by atoms with Gasteiger partial charge in [-0.05, 0) is 18.9 Å². The van der Waals surface area contributed by atoms with Crippen molar-refractivity contribution in [3.63, 3.8) is 0 Å². The molecule has 20 heavy (non-hydrogen) atoms. The molecule has 1 aliphatic heterocycles. The van der Waals surface area contributed by atoms with Crippen LogP contribution in [-0.2, 0) is 24.2 Å². The Labute approximate surface area is 118 Å². The van der Waals surface area contributed by atoms with E-state index in [0.717, 1.165) is 24.5 Å². The smallest absolute Gasteiger partial charge is 0.307 e. The van der Waals surface area contributed by atoms with Crippen LogP contribution >= 0.6 is 0 Å². The topological polar surface area (TPSA) is 55.1 Å². The lowest BCUT2D eigenvalue weighted by Crippen LogP contribution is -2.25. The molecule has 2 heterocycles. The molecule has 0 saturated heterocycles. The van der Waals surface area contributed by atoms with E-state index in [0.29, 0.717) is 12.8 Å². The monoisotopic (exact) mass is 270 g/mol. The number of fused-ring (bicyclic) bond motifs is 1. The number of aliphatic carboxylic acids is 1. The average molecular weight is 270 g/mol. The van der Waals surface area contributed by atoms with Crippen molar-refractivity contribution in [1.82, 2.24) is 9.55 Å². The van der Waals surface area contributed by atoms with Crippen LogP contribution in [-0.4, -0.2) is 20.6 Å². The number of carbonyl (C=O) groups is 1. The highest BCUT2D eigenvalue weighted by molar-refractivity contribution is 5.70.